The van der Waals surface area contributed by atoms with Gasteiger partial charge in [0.05, 0.1) is 4.90 Å². The Morgan fingerprint density at radius 2 is 1.74 bits per heavy atom. The van der Waals surface area contributed by atoms with Gasteiger partial charge in [0.25, 0.3) is 10.0 Å². The minimum absolute atomic E-state index is 0.00722. The fourth-order valence-electron chi connectivity index (χ4n) is 1.30. The molecule has 1 aromatic carbocycles. The van der Waals surface area contributed by atoms with Crippen molar-refractivity contribution in [3.8, 4) is 0 Å². The lowest BCUT2D eigenvalue weighted by Gasteiger charge is -2.07. The van der Waals surface area contributed by atoms with Crippen molar-refractivity contribution >= 4 is 44.9 Å². The fourth-order valence-corrected chi connectivity index (χ4v) is 2.72. The van der Waals surface area contributed by atoms with E-state index in [0.717, 1.165) is 0 Å². The summed E-state index contributed by atoms with van der Waals surface area (Å²) in [6.45, 7) is 0. The predicted octanol–water partition coefficient (Wildman–Crippen LogP) is 2.17. The molecule has 1 heterocycles. The summed E-state index contributed by atoms with van der Waals surface area (Å²) < 4.78 is 26.3. The van der Waals surface area contributed by atoms with Crippen molar-refractivity contribution in [2.24, 2.45) is 0 Å². The lowest BCUT2D eigenvalue weighted by Crippen LogP contribution is -2.15. The van der Waals surface area contributed by atoms with Gasteiger partial charge in [-0.1, -0.05) is 29.3 Å². The molecule has 2 rings (SSSR count). The Bertz CT molecular complexity index is 701. The van der Waals surface area contributed by atoms with E-state index in [9.17, 15) is 8.42 Å². The van der Waals surface area contributed by atoms with Gasteiger partial charge in [-0.2, -0.15) is 0 Å². The molecule has 0 radical (unpaired) electrons. The highest BCUT2D eigenvalue weighted by Crippen LogP contribution is 2.19. The van der Waals surface area contributed by atoms with Crippen LogP contribution in [0.15, 0.2) is 35.2 Å². The van der Waals surface area contributed by atoms with Crippen LogP contribution in [-0.2, 0) is 10.0 Å². The lowest BCUT2D eigenvalue weighted by atomic mass is 10.3. The predicted molar refractivity (Wildman–Crippen MR) is 73.7 cm³/mol. The van der Waals surface area contributed by atoms with Gasteiger partial charge in [0.1, 0.15) is 10.3 Å². The van der Waals surface area contributed by atoms with E-state index in [0.29, 0.717) is 5.69 Å². The Morgan fingerprint density at radius 3 is 2.32 bits per heavy atom. The average Bonchev–Trinajstić information content (AvgIpc) is 2.26. The highest BCUT2D eigenvalue weighted by Gasteiger charge is 2.16. The summed E-state index contributed by atoms with van der Waals surface area (Å²) in [5, 5.41) is 0.0653. The Hall–Kier alpha value is -1.57. The second kappa shape index (κ2) is 5.20. The van der Waals surface area contributed by atoms with Crippen molar-refractivity contribution in [1.29, 1.82) is 0 Å². The zero-order chi connectivity index (χ0) is 14.0. The Morgan fingerprint density at radius 1 is 1.11 bits per heavy atom. The van der Waals surface area contributed by atoms with Crippen LogP contribution in [0.1, 0.15) is 0 Å². The number of hydrogen-bond acceptors (Lipinski definition) is 5. The number of nitrogens with two attached hydrogens (primary N) is 1. The first-order valence-electron chi connectivity index (χ1n) is 4.95. The van der Waals surface area contributed by atoms with Crippen LogP contribution in [0.2, 0.25) is 10.3 Å². The van der Waals surface area contributed by atoms with Crippen LogP contribution in [0.4, 0.5) is 11.6 Å². The summed E-state index contributed by atoms with van der Waals surface area (Å²) in [6.07, 6.45) is 0. The molecule has 0 atom stereocenters. The molecule has 19 heavy (non-hydrogen) atoms. The number of benzene rings is 1. The van der Waals surface area contributed by atoms with Crippen LogP contribution in [0, 0.1) is 0 Å². The molecule has 0 saturated heterocycles. The van der Waals surface area contributed by atoms with Gasteiger partial charge in [0.15, 0.2) is 0 Å². The van der Waals surface area contributed by atoms with E-state index >= 15 is 0 Å². The molecule has 9 heteroatoms. The van der Waals surface area contributed by atoms with Gasteiger partial charge in [-0.15, -0.1) is 0 Å². The summed E-state index contributed by atoms with van der Waals surface area (Å²) in [5.74, 6) is -0.208. The first-order chi connectivity index (χ1) is 8.87. The standard InChI is InChI=1S/C10H8Cl2N4O2S/c11-8-5-9(12)15-10(14-8)16-19(17,18)7-3-1-2-6(13)4-7/h1-5H,13H2,(H,14,15,16). The highest BCUT2D eigenvalue weighted by atomic mass is 35.5. The number of nitrogens with one attached hydrogen (secondary N) is 1. The van der Waals surface area contributed by atoms with Crippen molar-refractivity contribution in [3.05, 3.63) is 40.6 Å². The van der Waals surface area contributed by atoms with Crippen molar-refractivity contribution < 1.29 is 8.42 Å². The molecule has 100 valence electrons. The van der Waals surface area contributed by atoms with Crippen molar-refractivity contribution in [2.45, 2.75) is 4.90 Å². The topological polar surface area (TPSA) is 98.0 Å². The molecule has 1 aromatic heterocycles. The number of nitrogens with zero attached hydrogens (tertiary/aromatic N) is 2. The van der Waals surface area contributed by atoms with Crippen LogP contribution in [-0.4, -0.2) is 18.4 Å². The van der Waals surface area contributed by atoms with E-state index in [-0.39, 0.29) is 21.2 Å². The molecule has 0 aliphatic rings. The maximum Gasteiger partial charge on any atom is 0.264 e. The fraction of sp³-hybridized carbons (Fsp3) is 0. The zero-order valence-corrected chi connectivity index (χ0v) is 11.7. The minimum Gasteiger partial charge on any atom is -0.399 e. The molecule has 0 fully saturated rings. The third-order valence-electron chi connectivity index (χ3n) is 2.06. The molecule has 6 nitrogen and oxygen atoms in total. The van der Waals surface area contributed by atoms with Gasteiger partial charge >= 0.3 is 0 Å². The largest absolute Gasteiger partial charge is 0.399 e. The maximum atomic E-state index is 12.0. The van der Waals surface area contributed by atoms with Crippen molar-refractivity contribution in [1.82, 2.24) is 9.97 Å². The van der Waals surface area contributed by atoms with E-state index in [1.165, 1.54) is 24.3 Å². The van der Waals surface area contributed by atoms with Crippen molar-refractivity contribution in [2.75, 3.05) is 10.5 Å². The van der Waals surface area contributed by atoms with E-state index in [4.69, 9.17) is 28.9 Å². The van der Waals surface area contributed by atoms with Crippen LogP contribution in [0.5, 0.6) is 0 Å². The Kier molecular flexibility index (Phi) is 3.79. The third kappa shape index (κ3) is 3.46. The van der Waals surface area contributed by atoms with Gasteiger partial charge < -0.3 is 5.73 Å². The van der Waals surface area contributed by atoms with Crippen LogP contribution in [0.25, 0.3) is 0 Å². The quantitative estimate of drug-likeness (QED) is 0.667. The SMILES string of the molecule is Nc1cccc(S(=O)(=O)Nc2nc(Cl)cc(Cl)n2)c1. The van der Waals surface area contributed by atoms with Gasteiger partial charge in [0, 0.05) is 11.8 Å². The second-order valence-corrected chi connectivity index (χ2v) is 5.97. The van der Waals surface area contributed by atoms with Gasteiger partial charge in [-0.05, 0) is 18.2 Å². The number of nitrogen functional groups attached to an aromatic ring is 1. The number of sulfonamides is 1. The normalized spacial score (nSPS) is 11.3. The zero-order valence-electron chi connectivity index (χ0n) is 9.34. The molecule has 0 unspecified atom stereocenters. The first kappa shape index (κ1) is 13.9. The van der Waals surface area contributed by atoms with Crippen LogP contribution >= 0.6 is 23.2 Å². The van der Waals surface area contributed by atoms with Crippen molar-refractivity contribution in [3.63, 3.8) is 0 Å². The average molecular weight is 319 g/mol. The summed E-state index contributed by atoms with van der Waals surface area (Å²) in [4.78, 5) is 7.42. The molecule has 0 amide bonds. The number of halogens is 2. The minimum atomic E-state index is -3.84. The van der Waals surface area contributed by atoms with E-state index in [2.05, 4.69) is 14.7 Å². The van der Waals surface area contributed by atoms with Crippen LogP contribution < -0.4 is 10.5 Å². The van der Waals surface area contributed by atoms with E-state index in [1.54, 1.807) is 6.07 Å². The molecule has 0 spiro atoms. The van der Waals surface area contributed by atoms with E-state index < -0.39 is 10.0 Å². The van der Waals surface area contributed by atoms with E-state index in [1.807, 2.05) is 0 Å². The first-order valence-corrected chi connectivity index (χ1v) is 7.19. The summed E-state index contributed by atoms with van der Waals surface area (Å²) in [5.41, 5.74) is 5.86. The molecular weight excluding hydrogens is 311 g/mol. The maximum absolute atomic E-state index is 12.0. The molecule has 0 aliphatic carbocycles. The Balaban J connectivity index is 2.36. The summed E-state index contributed by atoms with van der Waals surface area (Å²) in [6, 6.07) is 7.10. The van der Waals surface area contributed by atoms with Gasteiger partial charge in [0.2, 0.25) is 5.95 Å². The lowest BCUT2D eigenvalue weighted by molar-refractivity contribution is 0.601. The molecular formula is C10H8Cl2N4O2S. The molecule has 0 bridgehead atoms. The molecule has 2 aromatic rings. The number of anilines is 2. The third-order valence-corrected chi connectivity index (χ3v) is 3.77. The highest BCUT2D eigenvalue weighted by molar-refractivity contribution is 7.92. The second-order valence-electron chi connectivity index (χ2n) is 3.51. The number of rotatable bonds is 3. The molecule has 3 N–H and O–H groups in total. The smallest absolute Gasteiger partial charge is 0.264 e. The Labute approximate surface area is 119 Å². The van der Waals surface area contributed by atoms with Gasteiger partial charge in [-0.3, -0.25) is 0 Å². The molecule has 0 saturated carbocycles. The number of aromatic nitrogens is 2. The summed E-state index contributed by atoms with van der Waals surface area (Å²) in [7, 11) is -3.84. The summed E-state index contributed by atoms with van der Waals surface area (Å²) >= 11 is 11.3. The molecule has 0 aliphatic heterocycles. The monoisotopic (exact) mass is 318 g/mol. The number of hydrogen-bond donors (Lipinski definition) is 2. The van der Waals surface area contributed by atoms with Crippen LogP contribution in [0.3, 0.4) is 0 Å². The van der Waals surface area contributed by atoms with Gasteiger partial charge in [-0.25, -0.2) is 23.1 Å².